The van der Waals surface area contributed by atoms with Gasteiger partial charge in [0.1, 0.15) is 17.9 Å². The highest BCUT2D eigenvalue weighted by molar-refractivity contribution is 6.03. The van der Waals surface area contributed by atoms with Crippen LogP contribution < -0.4 is 10.9 Å². The molecule has 3 aromatic rings. The molecule has 3 rings (SSSR count). The number of carboxylic acids is 1. The number of aliphatic carboxylic acids is 1. The van der Waals surface area contributed by atoms with Gasteiger partial charge in [-0.15, -0.1) is 6.42 Å². The van der Waals surface area contributed by atoms with Crippen molar-refractivity contribution in [2.45, 2.75) is 0 Å². The molecule has 0 radical (unpaired) electrons. The topological polar surface area (TPSA) is 109 Å². The van der Waals surface area contributed by atoms with Gasteiger partial charge >= 0.3 is 5.97 Å². The van der Waals surface area contributed by atoms with Crippen molar-refractivity contribution in [1.29, 1.82) is 0 Å². The van der Waals surface area contributed by atoms with Gasteiger partial charge in [0.25, 0.3) is 11.5 Å². The van der Waals surface area contributed by atoms with E-state index in [1.54, 1.807) is 24.3 Å². The number of aryl methyl sites for hydroxylation is 1. The number of hydrogen-bond donors (Lipinski definition) is 3. The Labute approximate surface area is 159 Å². The summed E-state index contributed by atoms with van der Waals surface area (Å²) < 4.78 is 1.24. The van der Waals surface area contributed by atoms with Crippen LogP contribution in [0.15, 0.2) is 47.3 Å². The second-order valence-electron chi connectivity index (χ2n) is 6.12. The average molecular weight is 376 g/mol. The van der Waals surface area contributed by atoms with Crippen molar-refractivity contribution in [3.05, 3.63) is 63.9 Å². The lowest BCUT2D eigenvalue weighted by Crippen LogP contribution is -2.35. The molecule has 2 aromatic carbocycles. The number of nitrogens with zero attached hydrogens (tertiary/aromatic N) is 1. The molecule has 0 atom stereocenters. The van der Waals surface area contributed by atoms with Crippen molar-refractivity contribution in [3.63, 3.8) is 0 Å². The van der Waals surface area contributed by atoms with E-state index in [4.69, 9.17) is 11.5 Å². The van der Waals surface area contributed by atoms with Gasteiger partial charge in [-0.05, 0) is 35.4 Å². The smallest absolute Gasteiger partial charge is 0.322 e. The third kappa shape index (κ3) is 3.31. The van der Waals surface area contributed by atoms with Gasteiger partial charge in [-0.1, -0.05) is 24.1 Å². The van der Waals surface area contributed by atoms with E-state index in [-0.39, 0.29) is 0 Å². The van der Waals surface area contributed by atoms with E-state index in [0.29, 0.717) is 16.5 Å². The zero-order chi connectivity index (χ0) is 20.4. The first-order valence-corrected chi connectivity index (χ1v) is 8.26. The fourth-order valence-electron chi connectivity index (χ4n) is 2.94. The summed E-state index contributed by atoms with van der Waals surface area (Å²) in [5.41, 5.74) is 1.51. The quantitative estimate of drug-likeness (QED) is 0.601. The van der Waals surface area contributed by atoms with Crippen molar-refractivity contribution < 1.29 is 19.8 Å². The molecule has 0 saturated heterocycles. The number of carbonyl (C=O) groups is 2. The maximum Gasteiger partial charge on any atom is 0.322 e. The minimum absolute atomic E-state index is 0.291. The Morgan fingerprint density at radius 2 is 1.89 bits per heavy atom. The number of aromatic nitrogens is 1. The fourth-order valence-corrected chi connectivity index (χ4v) is 2.94. The molecule has 0 fully saturated rings. The van der Waals surface area contributed by atoms with Gasteiger partial charge in [-0.2, -0.15) is 0 Å². The molecular formula is C21H16N2O5. The molecule has 0 aliphatic heterocycles. The highest BCUT2D eigenvalue weighted by Crippen LogP contribution is 2.30. The Bertz CT molecular complexity index is 1220. The first kappa shape index (κ1) is 18.7. The summed E-state index contributed by atoms with van der Waals surface area (Å²) in [5.74, 6) is -0.144. The third-order valence-corrected chi connectivity index (χ3v) is 4.36. The molecule has 0 unspecified atom stereocenters. The highest BCUT2D eigenvalue weighted by Gasteiger charge is 2.21. The number of pyridine rings is 1. The number of nitrogens with one attached hydrogen (secondary N) is 1. The molecule has 1 amide bonds. The number of terminal acetylenes is 1. The third-order valence-electron chi connectivity index (χ3n) is 4.36. The van der Waals surface area contributed by atoms with Crippen LogP contribution in [0.4, 0.5) is 0 Å². The number of hydrogen-bond acceptors (Lipinski definition) is 4. The molecule has 0 aliphatic rings. The van der Waals surface area contributed by atoms with Crippen molar-refractivity contribution in [3.8, 4) is 29.2 Å². The van der Waals surface area contributed by atoms with Gasteiger partial charge in [-0.25, -0.2) is 0 Å². The summed E-state index contributed by atoms with van der Waals surface area (Å²) >= 11 is 0. The zero-order valence-corrected chi connectivity index (χ0v) is 14.9. The Kier molecular flexibility index (Phi) is 4.88. The summed E-state index contributed by atoms with van der Waals surface area (Å²) in [6, 6.07) is 12.4. The van der Waals surface area contributed by atoms with Gasteiger partial charge in [0, 0.05) is 18.0 Å². The first-order valence-electron chi connectivity index (χ1n) is 8.26. The first-order chi connectivity index (χ1) is 13.3. The summed E-state index contributed by atoms with van der Waals surface area (Å²) in [6.07, 6.45) is 5.44. The molecular weight excluding hydrogens is 360 g/mol. The number of amides is 1. The Morgan fingerprint density at radius 3 is 2.57 bits per heavy atom. The number of rotatable bonds is 4. The van der Waals surface area contributed by atoms with Gasteiger partial charge in [0.05, 0.1) is 5.52 Å². The highest BCUT2D eigenvalue weighted by atomic mass is 16.4. The van der Waals surface area contributed by atoms with Crippen LogP contribution in [0.3, 0.4) is 0 Å². The van der Waals surface area contributed by atoms with E-state index in [2.05, 4.69) is 11.2 Å². The van der Waals surface area contributed by atoms with Crippen molar-refractivity contribution in [2.75, 3.05) is 6.54 Å². The van der Waals surface area contributed by atoms with E-state index in [1.807, 2.05) is 18.2 Å². The minimum atomic E-state index is -1.26. The number of fused-ring (bicyclic) bond motifs is 1. The summed E-state index contributed by atoms with van der Waals surface area (Å²) in [6.45, 7) is -0.663. The number of aromatic hydroxyl groups is 1. The van der Waals surface area contributed by atoms with Crippen LogP contribution in [0, 0.1) is 12.3 Å². The Morgan fingerprint density at radius 1 is 1.18 bits per heavy atom. The molecule has 0 aliphatic carbocycles. The van der Waals surface area contributed by atoms with Crippen molar-refractivity contribution in [1.82, 2.24) is 9.88 Å². The van der Waals surface area contributed by atoms with Crippen LogP contribution in [0.5, 0.6) is 5.75 Å². The van der Waals surface area contributed by atoms with Crippen molar-refractivity contribution >= 4 is 22.8 Å². The molecule has 28 heavy (non-hydrogen) atoms. The van der Waals surface area contributed by atoms with E-state index < -0.39 is 35.3 Å². The largest absolute Gasteiger partial charge is 0.506 e. The van der Waals surface area contributed by atoms with Gasteiger partial charge in [0.2, 0.25) is 0 Å². The lowest BCUT2D eigenvalue weighted by molar-refractivity contribution is -0.135. The number of carbonyl (C=O) groups excluding carboxylic acids is 1. The van der Waals surface area contributed by atoms with Crippen LogP contribution in [-0.2, 0) is 11.8 Å². The SMILES string of the molecule is C#Cc1cccc(-c2ccc3c(O)c(C(=O)NCC(=O)O)c(=O)n(C)c3c2)c1. The Hall–Kier alpha value is -4.05. The van der Waals surface area contributed by atoms with Crippen LogP contribution >= 0.6 is 0 Å². The lowest BCUT2D eigenvalue weighted by Gasteiger charge is -2.13. The van der Waals surface area contributed by atoms with E-state index in [0.717, 1.165) is 11.1 Å². The predicted molar refractivity (Wildman–Crippen MR) is 104 cm³/mol. The molecule has 0 saturated carbocycles. The van der Waals surface area contributed by atoms with Crippen molar-refractivity contribution in [2.24, 2.45) is 7.05 Å². The van der Waals surface area contributed by atoms with Gasteiger partial charge < -0.3 is 20.1 Å². The number of benzene rings is 2. The monoisotopic (exact) mass is 376 g/mol. The summed E-state index contributed by atoms with van der Waals surface area (Å²) in [4.78, 5) is 35.4. The second kappa shape index (κ2) is 7.29. The fraction of sp³-hybridized carbons (Fsp3) is 0.0952. The van der Waals surface area contributed by atoms with Crippen LogP contribution in [0.25, 0.3) is 22.0 Å². The minimum Gasteiger partial charge on any atom is -0.506 e. The van der Waals surface area contributed by atoms with E-state index in [1.165, 1.54) is 11.6 Å². The van der Waals surface area contributed by atoms with E-state index in [9.17, 15) is 19.5 Å². The van der Waals surface area contributed by atoms with Gasteiger partial charge in [-0.3, -0.25) is 14.4 Å². The Balaban J connectivity index is 2.16. The summed E-state index contributed by atoms with van der Waals surface area (Å²) in [5, 5.41) is 21.5. The number of carboxylic acid groups (broad SMARTS) is 1. The average Bonchev–Trinajstić information content (AvgIpc) is 2.70. The summed E-state index contributed by atoms with van der Waals surface area (Å²) in [7, 11) is 1.47. The molecule has 3 N–H and O–H groups in total. The maximum atomic E-state index is 12.6. The molecule has 0 bridgehead atoms. The van der Waals surface area contributed by atoms with Gasteiger partial charge in [0.15, 0.2) is 0 Å². The molecule has 7 heteroatoms. The maximum absolute atomic E-state index is 12.6. The van der Waals surface area contributed by atoms with Crippen LogP contribution in [0.1, 0.15) is 15.9 Å². The van der Waals surface area contributed by atoms with Crippen LogP contribution in [0.2, 0.25) is 0 Å². The molecule has 140 valence electrons. The molecule has 0 spiro atoms. The second-order valence-corrected chi connectivity index (χ2v) is 6.12. The standard InChI is InChI=1S/C21H16N2O5/c1-3-12-5-4-6-13(9-12)14-7-8-15-16(10-14)23(2)21(28)18(19(15)26)20(27)22-11-17(24)25/h1,4-10,26H,11H2,2H3,(H,22,27)(H,24,25). The van der Waals surface area contributed by atoms with Crippen LogP contribution in [-0.4, -0.2) is 33.2 Å². The predicted octanol–water partition coefficient (Wildman–Crippen LogP) is 1.71. The molecule has 7 nitrogen and oxygen atoms in total. The normalized spacial score (nSPS) is 10.4. The molecule has 1 aromatic heterocycles. The molecule has 1 heterocycles. The lowest BCUT2D eigenvalue weighted by atomic mass is 10.0. The zero-order valence-electron chi connectivity index (χ0n) is 14.9. The van der Waals surface area contributed by atoms with E-state index >= 15 is 0 Å².